The number of aliphatic hydroxyl groups excluding tert-OH is 1. The predicted molar refractivity (Wildman–Crippen MR) is 83.4 cm³/mol. The minimum atomic E-state index is -0.691. The molecule has 0 aromatic heterocycles. The van der Waals surface area contributed by atoms with Gasteiger partial charge in [-0.25, -0.2) is 0 Å². The molecule has 1 amide bonds. The summed E-state index contributed by atoms with van der Waals surface area (Å²) in [6.07, 6.45) is 17.5. The van der Waals surface area contributed by atoms with Crippen LogP contribution in [0, 0.1) is 17.8 Å². The number of unbranched alkanes of at least 4 members (excludes halogenated alkanes) is 4. The van der Waals surface area contributed by atoms with Gasteiger partial charge >= 0.3 is 0 Å². The van der Waals surface area contributed by atoms with Crippen LogP contribution >= 0.6 is 0 Å². The molecular formula is C18H27NO2. The molecule has 3 aliphatic rings. The van der Waals surface area contributed by atoms with E-state index in [1.807, 2.05) is 0 Å². The van der Waals surface area contributed by atoms with Gasteiger partial charge in [0.1, 0.15) is 6.23 Å². The van der Waals surface area contributed by atoms with Crippen LogP contribution in [0.5, 0.6) is 0 Å². The zero-order chi connectivity index (χ0) is 14.7. The molecule has 4 atom stereocenters. The first-order valence-electron chi connectivity index (χ1n) is 8.59. The van der Waals surface area contributed by atoms with Crippen LogP contribution in [-0.2, 0) is 4.79 Å². The number of hydrogen-bond donors (Lipinski definition) is 1. The second-order valence-corrected chi connectivity index (χ2v) is 6.90. The third kappa shape index (κ3) is 3.57. The molecule has 1 N–H and O–H groups in total. The molecule has 4 unspecified atom stereocenters. The Morgan fingerprint density at radius 2 is 1.86 bits per heavy atom. The lowest BCUT2D eigenvalue weighted by atomic mass is 9.88. The van der Waals surface area contributed by atoms with Gasteiger partial charge in [0.25, 0.3) is 0 Å². The molecule has 1 aliphatic heterocycles. The van der Waals surface area contributed by atoms with Crippen molar-refractivity contribution in [1.29, 1.82) is 0 Å². The van der Waals surface area contributed by atoms with Crippen LogP contribution in [0.25, 0.3) is 0 Å². The fourth-order valence-electron chi connectivity index (χ4n) is 4.19. The van der Waals surface area contributed by atoms with Crippen molar-refractivity contribution in [3.05, 3.63) is 24.3 Å². The lowest BCUT2D eigenvalue weighted by Crippen LogP contribution is -2.34. The summed E-state index contributed by atoms with van der Waals surface area (Å²) >= 11 is 0. The van der Waals surface area contributed by atoms with E-state index in [-0.39, 0.29) is 5.91 Å². The first-order valence-corrected chi connectivity index (χ1v) is 8.59. The van der Waals surface area contributed by atoms with Crippen molar-refractivity contribution in [2.75, 3.05) is 6.54 Å². The normalized spacial score (nSPS) is 33.6. The first kappa shape index (κ1) is 14.8. The number of amides is 1. The van der Waals surface area contributed by atoms with Crippen molar-refractivity contribution in [3.63, 3.8) is 0 Å². The van der Waals surface area contributed by atoms with Crippen molar-refractivity contribution in [1.82, 2.24) is 4.90 Å². The molecule has 116 valence electrons. The van der Waals surface area contributed by atoms with Crippen molar-refractivity contribution in [3.8, 4) is 0 Å². The van der Waals surface area contributed by atoms with Gasteiger partial charge < -0.3 is 10.0 Å². The van der Waals surface area contributed by atoms with Crippen LogP contribution in [0.4, 0.5) is 0 Å². The van der Waals surface area contributed by atoms with Gasteiger partial charge in [0, 0.05) is 12.6 Å². The number of carbonyl (C=O) groups is 1. The Morgan fingerprint density at radius 1 is 1.05 bits per heavy atom. The highest BCUT2D eigenvalue weighted by molar-refractivity contribution is 5.90. The van der Waals surface area contributed by atoms with Crippen LogP contribution in [0.3, 0.4) is 0 Å². The number of rotatable bonds is 8. The molecule has 3 rings (SSSR count). The zero-order valence-corrected chi connectivity index (χ0v) is 12.8. The van der Waals surface area contributed by atoms with E-state index in [2.05, 4.69) is 12.2 Å². The highest BCUT2D eigenvalue weighted by Crippen LogP contribution is 2.45. The monoisotopic (exact) mass is 289 g/mol. The van der Waals surface area contributed by atoms with Crippen LogP contribution in [0.15, 0.2) is 24.3 Å². The third-order valence-electron chi connectivity index (χ3n) is 5.40. The molecule has 0 spiro atoms. The van der Waals surface area contributed by atoms with E-state index in [0.717, 1.165) is 30.6 Å². The Morgan fingerprint density at radius 3 is 2.52 bits per heavy atom. The van der Waals surface area contributed by atoms with Crippen LogP contribution in [0.2, 0.25) is 0 Å². The smallest absolute Gasteiger partial charge is 0.248 e. The minimum absolute atomic E-state index is 0.0492. The summed E-state index contributed by atoms with van der Waals surface area (Å²) in [7, 11) is 0. The number of allylic oxidation sites excluding steroid dienone is 2. The summed E-state index contributed by atoms with van der Waals surface area (Å²) < 4.78 is 0. The molecular weight excluding hydrogens is 262 g/mol. The molecule has 3 nitrogen and oxygen atoms in total. The Hall–Kier alpha value is -1.09. The molecule has 0 saturated heterocycles. The second-order valence-electron chi connectivity index (χ2n) is 6.90. The quantitative estimate of drug-likeness (QED) is 0.550. The number of fused-ring (bicyclic) bond motifs is 2. The van der Waals surface area contributed by atoms with Gasteiger partial charge in [-0.2, -0.15) is 0 Å². The van der Waals surface area contributed by atoms with Crippen LogP contribution in [-0.4, -0.2) is 28.7 Å². The highest BCUT2D eigenvalue weighted by Gasteiger charge is 2.34. The van der Waals surface area contributed by atoms with E-state index in [1.54, 1.807) is 11.0 Å². The standard InChI is InChI=1S/C18H27NO2/c20-17-9-10-18(21)19(17)11-5-3-1-2-4-6-15-12-14-7-8-16(15)13-14/h7-10,14-17,20H,1-6,11-13H2. The fourth-order valence-corrected chi connectivity index (χ4v) is 4.19. The lowest BCUT2D eigenvalue weighted by molar-refractivity contribution is -0.130. The highest BCUT2D eigenvalue weighted by atomic mass is 16.3. The summed E-state index contributed by atoms with van der Waals surface area (Å²) in [4.78, 5) is 13.0. The molecule has 0 radical (unpaired) electrons. The zero-order valence-electron chi connectivity index (χ0n) is 12.8. The van der Waals surface area contributed by atoms with Crippen molar-refractivity contribution in [2.24, 2.45) is 17.8 Å². The van der Waals surface area contributed by atoms with Crippen LogP contribution in [0.1, 0.15) is 51.4 Å². The van der Waals surface area contributed by atoms with E-state index < -0.39 is 6.23 Å². The molecule has 21 heavy (non-hydrogen) atoms. The number of nitrogens with zero attached hydrogens (tertiary/aromatic N) is 1. The van der Waals surface area contributed by atoms with Crippen molar-refractivity contribution < 1.29 is 9.90 Å². The van der Waals surface area contributed by atoms with E-state index in [1.165, 1.54) is 44.6 Å². The SMILES string of the molecule is O=C1C=CC(O)N1CCCCCCCC1CC2C=CC1C2. The summed E-state index contributed by atoms with van der Waals surface area (Å²) in [5.74, 6) is 2.71. The van der Waals surface area contributed by atoms with Gasteiger partial charge in [0.05, 0.1) is 0 Å². The van der Waals surface area contributed by atoms with E-state index >= 15 is 0 Å². The molecule has 0 aromatic rings. The Balaban J connectivity index is 1.20. The molecule has 1 fully saturated rings. The fraction of sp³-hybridized carbons (Fsp3) is 0.722. The third-order valence-corrected chi connectivity index (χ3v) is 5.40. The van der Waals surface area contributed by atoms with Gasteiger partial charge in [-0.05, 0) is 49.5 Å². The molecule has 0 aromatic carbocycles. The minimum Gasteiger partial charge on any atom is -0.370 e. The average molecular weight is 289 g/mol. The Bertz CT molecular complexity index is 429. The Labute approximate surface area is 127 Å². The Kier molecular flexibility index (Phi) is 4.79. The van der Waals surface area contributed by atoms with Gasteiger partial charge in [0.2, 0.25) is 5.91 Å². The topological polar surface area (TPSA) is 40.5 Å². The lowest BCUT2D eigenvalue weighted by Gasteiger charge is -2.20. The average Bonchev–Trinajstić information content (AvgIpc) is 3.16. The maximum atomic E-state index is 11.4. The summed E-state index contributed by atoms with van der Waals surface area (Å²) in [6.45, 7) is 0.685. The van der Waals surface area contributed by atoms with Crippen molar-refractivity contribution in [2.45, 2.75) is 57.6 Å². The van der Waals surface area contributed by atoms with Gasteiger partial charge in [-0.1, -0.05) is 37.8 Å². The van der Waals surface area contributed by atoms with Crippen LogP contribution < -0.4 is 0 Å². The van der Waals surface area contributed by atoms with Gasteiger partial charge in [-0.15, -0.1) is 0 Å². The first-order chi connectivity index (χ1) is 10.2. The van der Waals surface area contributed by atoms with Gasteiger partial charge in [0.15, 0.2) is 0 Å². The van der Waals surface area contributed by atoms with Gasteiger partial charge in [-0.3, -0.25) is 4.79 Å². The van der Waals surface area contributed by atoms with Crippen molar-refractivity contribution >= 4 is 5.91 Å². The second kappa shape index (κ2) is 6.78. The number of carbonyl (C=O) groups excluding carboxylic acids is 1. The largest absolute Gasteiger partial charge is 0.370 e. The number of hydrogen-bond acceptors (Lipinski definition) is 2. The maximum Gasteiger partial charge on any atom is 0.248 e. The van der Waals surface area contributed by atoms with E-state index in [0.29, 0.717) is 6.54 Å². The molecule has 3 heteroatoms. The number of aliphatic hydroxyl groups is 1. The molecule has 1 heterocycles. The summed E-state index contributed by atoms with van der Waals surface area (Å²) in [5.41, 5.74) is 0. The molecule has 2 bridgehead atoms. The maximum absolute atomic E-state index is 11.4. The summed E-state index contributed by atoms with van der Waals surface area (Å²) in [6, 6.07) is 0. The predicted octanol–water partition coefficient (Wildman–Crippen LogP) is 3.26. The summed E-state index contributed by atoms with van der Waals surface area (Å²) in [5, 5.41) is 9.59. The molecule has 2 aliphatic carbocycles. The molecule has 1 saturated carbocycles. The van der Waals surface area contributed by atoms with E-state index in [4.69, 9.17) is 0 Å². The van der Waals surface area contributed by atoms with E-state index in [9.17, 15) is 9.90 Å².